The maximum atomic E-state index is 12.1. The van der Waals surface area contributed by atoms with Crippen molar-refractivity contribution in [3.05, 3.63) is 23.8 Å². The van der Waals surface area contributed by atoms with Crippen LogP contribution >= 0.6 is 0 Å². The van der Waals surface area contributed by atoms with Crippen LogP contribution in [0, 0.1) is 0 Å². The average molecular weight is 249 g/mol. The summed E-state index contributed by atoms with van der Waals surface area (Å²) in [5, 5.41) is 9.91. The summed E-state index contributed by atoms with van der Waals surface area (Å²) in [5.74, 6) is 0.0990. The van der Waals surface area contributed by atoms with Gasteiger partial charge in [0.05, 0.1) is 5.69 Å². The Bertz CT molecular complexity index is 431. The number of anilines is 1. The number of rotatable bonds is 4. The van der Waals surface area contributed by atoms with E-state index >= 15 is 0 Å². The van der Waals surface area contributed by atoms with Gasteiger partial charge < -0.3 is 14.7 Å². The van der Waals surface area contributed by atoms with E-state index in [4.69, 9.17) is 4.74 Å². The molecular weight excluding hydrogens is 230 g/mol. The molecule has 0 unspecified atom stereocenters. The van der Waals surface area contributed by atoms with Crippen molar-refractivity contribution < 1.29 is 14.6 Å². The van der Waals surface area contributed by atoms with Gasteiger partial charge in [0.15, 0.2) is 0 Å². The van der Waals surface area contributed by atoms with Crippen LogP contribution in [0.1, 0.15) is 25.3 Å². The third-order valence-electron chi connectivity index (χ3n) is 3.07. The number of hydrogen-bond acceptors (Lipinski definition) is 3. The Morgan fingerprint density at radius 1 is 1.50 bits per heavy atom. The minimum Gasteiger partial charge on any atom is -0.506 e. The molecule has 0 saturated carbocycles. The minimum absolute atomic E-state index is 0.0779. The number of phenols is 1. The first-order valence-electron chi connectivity index (χ1n) is 6.43. The van der Waals surface area contributed by atoms with Crippen LogP contribution in [0.3, 0.4) is 0 Å². The van der Waals surface area contributed by atoms with Crippen LogP contribution in [0.25, 0.3) is 0 Å². The highest BCUT2D eigenvalue weighted by Crippen LogP contribution is 2.35. The van der Waals surface area contributed by atoms with E-state index < -0.39 is 0 Å². The molecule has 4 nitrogen and oxygen atoms in total. The van der Waals surface area contributed by atoms with Crippen LogP contribution in [-0.2, 0) is 16.0 Å². The molecule has 0 radical (unpaired) electrons. The highest BCUT2D eigenvalue weighted by Gasteiger charge is 2.24. The predicted molar refractivity (Wildman–Crippen MR) is 69.9 cm³/mol. The molecule has 0 spiro atoms. The van der Waals surface area contributed by atoms with Crippen molar-refractivity contribution >= 4 is 11.6 Å². The van der Waals surface area contributed by atoms with E-state index in [0.29, 0.717) is 18.8 Å². The van der Waals surface area contributed by atoms with Crippen LogP contribution in [-0.4, -0.2) is 30.8 Å². The Morgan fingerprint density at radius 3 is 3.11 bits per heavy atom. The Balaban J connectivity index is 2.14. The molecule has 1 aromatic carbocycles. The maximum Gasteiger partial charge on any atom is 0.253 e. The van der Waals surface area contributed by atoms with Crippen molar-refractivity contribution in [3.8, 4) is 5.75 Å². The summed E-state index contributed by atoms with van der Waals surface area (Å²) in [6, 6.07) is 5.40. The lowest BCUT2D eigenvalue weighted by Gasteiger charge is -2.30. The van der Waals surface area contributed by atoms with E-state index in [-0.39, 0.29) is 18.3 Å². The predicted octanol–water partition coefficient (Wildman–Crippen LogP) is 2.10. The summed E-state index contributed by atoms with van der Waals surface area (Å²) in [4.78, 5) is 13.7. The van der Waals surface area contributed by atoms with E-state index in [0.717, 1.165) is 24.8 Å². The molecule has 0 saturated heterocycles. The topological polar surface area (TPSA) is 49.8 Å². The molecule has 2 rings (SSSR count). The van der Waals surface area contributed by atoms with E-state index in [1.807, 2.05) is 19.1 Å². The number of benzene rings is 1. The number of fused-ring (bicyclic) bond motifs is 1. The van der Waals surface area contributed by atoms with Gasteiger partial charge in [0.1, 0.15) is 12.4 Å². The molecule has 4 heteroatoms. The van der Waals surface area contributed by atoms with Gasteiger partial charge in [-0.25, -0.2) is 0 Å². The molecule has 0 bridgehead atoms. The van der Waals surface area contributed by atoms with Crippen LogP contribution in [0.5, 0.6) is 5.75 Å². The van der Waals surface area contributed by atoms with E-state index in [1.165, 1.54) is 0 Å². The number of carbonyl (C=O) groups is 1. The fraction of sp³-hybridized carbons (Fsp3) is 0.500. The number of hydrogen-bond donors (Lipinski definition) is 1. The number of aromatic hydroxyl groups is 1. The van der Waals surface area contributed by atoms with Crippen LogP contribution in [0.2, 0.25) is 0 Å². The lowest BCUT2D eigenvalue weighted by atomic mass is 10.0. The van der Waals surface area contributed by atoms with Crippen LogP contribution in [0.15, 0.2) is 18.2 Å². The molecule has 1 aliphatic rings. The smallest absolute Gasteiger partial charge is 0.253 e. The Hall–Kier alpha value is -1.55. The molecule has 0 aliphatic carbocycles. The van der Waals surface area contributed by atoms with Gasteiger partial charge in [-0.3, -0.25) is 4.79 Å². The third kappa shape index (κ3) is 2.64. The molecule has 1 amide bonds. The zero-order valence-electron chi connectivity index (χ0n) is 10.7. The first kappa shape index (κ1) is 12.9. The highest BCUT2D eigenvalue weighted by atomic mass is 16.5. The normalized spacial score (nSPS) is 14.4. The van der Waals surface area contributed by atoms with Gasteiger partial charge in [-0.15, -0.1) is 0 Å². The quantitative estimate of drug-likeness (QED) is 0.831. The number of amides is 1. The molecule has 0 atom stereocenters. The van der Waals surface area contributed by atoms with E-state index in [1.54, 1.807) is 11.0 Å². The Morgan fingerprint density at radius 2 is 2.33 bits per heavy atom. The Labute approximate surface area is 107 Å². The van der Waals surface area contributed by atoms with Crippen molar-refractivity contribution in [2.75, 3.05) is 24.7 Å². The number of aryl methyl sites for hydroxylation is 1. The second-order valence-corrected chi connectivity index (χ2v) is 4.49. The molecular formula is C14H19NO3. The molecule has 1 aliphatic heterocycles. The van der Waals surface area contributed by atoms with Crippen LogP contribution in [0.4, 0.5) is 5.69 Å². The number of ether oxygens (including phenoxy) is 1. The molecule has 1 heterocycles. The lowest BCUT2D eigenvalue weighted by Crippen LogP contribution is -2.38. The van der Waals surface area contributed by atoms with Gasteiger partial charge in [-0.1, -0.05) is 19.1 Å². The maximum absolute atomic E-state index is 12.1. The first-order valence-corrected chi connectivity index (χ1v) is 6.43. The standard InChI is InChI=1S/C14H19NO3/c1-2-9-18-10-13(17)15-8-4-6-11-5-3-7-12(16)14(11)15/h3,5,7,16H,2,4,6,8-10H2,1H3. The lowest BCUT2D eigenvalue weighted by molar-refractivity contribution is -0.123. The van der Waals surface area contributed by atoms with Gasteiger partial charge in [-0.05, 0) is 30.9 Å². The molecule has 0 fully saturated rings. The summed E-state index contributed by atoms with van der Waals surface area (Å²) < 4.78 is 5.28. The Kier molecular flexibility index (Phi) is 4.20. The second kappa shape index (κ2) is 5.87. The zero-order chi connectivity index (χ0) is 13.0. The molecule has 0 aromatic heterocycles. The van der Waals surface area contributed by atoms with E-state index in [2.05, 4.69) is 0 Å². The molecule has 98 valence electrons. The van der Waals surface area contributed by atoms with Gasteiger partial charge in [0.25, 0.3) is 5.91 Å². The second-order valence-electron chi connectivity index (χ2n) is 4.49. The van der Waals surface area contributed by atoms with Gasteiger partial charge >= 0.3 is 0 Å². The molecule has 1 N–H and O–H groups in total. The van der Waals surface area contributed by atoms with E-state index in [9.17, 15) is 9.90 Å². The summed E-state index contributed by atoms with van der Waals surface area (Å²) in [6.07, 6.45) is 2.73. The summed E-state index contributed by atoms with van der Waals surface area (Å²) >= 11 is 0. The largest absolute Gasteiger partial charge is 0.506 e. The van der Waals surface area contributed by atoms with Gasteiger partial charge in [-0.2, -0.15) is 0 Å². The SMILES string of the molecule is CCCOCC(=O)N1CCCc2cccc(O)c21. The number of nitrogens with zero attached hydrogens (tertiary/aromatic N) is 1. The van der Waals surface area contributed by atoms with Crippen LogP contribution < -0.4 is 4.90 Å². The van der Waals surface area contributed by atoms with Gasteiger partial charge in [0.2, 0.25) is 0 Å². The summed E-state index contributed by atoms with van der Waals surface area (Å²) in [7, 11) is 0. The number of para-hydroxylation sites is 1. The summed E-state index contributed by atoms with van der Waals surface area (Å²) in [5.41, 5.74) is 1.69. The van der Waals surface area contributed by atoms with Crippen molar-refractivity contribution in [2.45, 2.75) is 26.2 Å². The average Bonchev–Trinajstić information content (AvgIpc) is 2.38. The fourth-order valence-corrected chi connectivity index (χ4v) is 2.26. The van der Waals surface area contributed by atoms with Gasteiger partial charge in [0, 0.05) is 13.2 Å². The third-order valence-corrected chi connectivity index (χ3v) is 3.07. The number of phenolic OH excluding ortho intramolecular Hbond substituents is 1. The van der Waals surface area contributed by atoms with Crippen molar-refractivity contribution in [1.82, 2.24) is 0 Å². The molecule has 1 aromatic rings. The van der Waals surface area contributed by atoms with Crippen molar-refractivity contribution in [3.63, 3.8) is 0 Å². The molecule has 18 heavy (non-hydrogen) atoms. The monoisotopic (exact) mass is 249 g/mol. The highest BCUT2D eigenvalue weighted by molar-refractivity contribution is 5.97. The van der Waals surface area contributed by atoms with Crippen molar-refractivity contribution in [1.29, 1.82) is 0 Å². The first-order chi connectivity index (χ1) is 8.74. The fourth-order valence-electron chi connectivity index (χ4n) is 2.26. The van der Waals surface area contributed by atoms with Crippen molar-refractivity contribution in [2.24, 2.45) is 0 Å². The zero-order valence-corrected chi connectivity index (χ0v) is 10.7. The summed E-state index contributed by atoms with van der Waals surface area (Å²) in [6.45, 7) is 3.33. The minimum atomic E-state index is -0.0779. The number of carbonyl (C=O) groups excluding carboxylic acids is 1.